The van der Waals surface area contributed by atoms with Gasteiger partial charge in [-0.3, -0.25) is 4.79 Å². The molecule has 2 N–H and O–H groups in total. The van der Waals surface area contributed by atoms with Gasteiger partial charge in [0.05, 0.1) is 6.04 Å². The monoisotopic (exact) mass is 304 g/mol. The minimum absolute atomic E-state index is 0.0481. The van der Waals surface area contributed by atoms with Crippen LogP contribution in [0.15, 0.2) is 18.2 Å². The molecule has 2 bridgehead atoms. The molecule has 3 atom stereocenters. The molecule has 2 amide bonds. The molecule has 0 spiro atoms. The van der Waals surface area contributed by atoms with Gasteiger partial charge >= 0.3 is 6.09 Å². The summed E-state index contributed by atoms with van der Waals surface area (Å²) in [6.45, 7) is 0. The lowest BCUT2D eigenvalue weighted by Gasteiger charge is -2.23. The highest BCUT2D eigenvalue weighted by Gasteiger charge is 2.42. The van der Waals surface area contributed by atoms with Crippen molar-refractivity contribution in [2.45, 2.75) is 49.8 Å². The van der Waals surface area contributed by atoms with Gasteiger partial charge in [-0.2, -0.15) is 0 Å². The van der Waals surface area contributed by atoms with Gasteiger partial charge in [-0.25, -0.2) is 9.18 Å². The summed E-state index contributed by atoms with van der Waals surface area (Å²) in [4.78, 5) is 23.9. The van der Waals surface area contributed by atoms with Crippen molar-refractivity contribution in [3.8, 4) is 0 Å². The lowest BCUT2D eigenvalue weighted by molar-refractivity contribution is 0.0659. The number of carbonyl (C=O) groups excluding carboxylic acids is 2. The van der Waals surface area contributed by atoms with Gasteiger partial charge in [0, 0.05) is 18.0 Å². The number of amides is 2. The molecule has 3 fully saturated rings. The average molecular weight is 304 g/mol. The third kappa shape index (κ3) is 2.42. The maximum Gasteiger partial charge on any atom is 0.407 e. The molecule has 1 aromatic carbocycles. The Balaban J connectivity index is 1.53. The number of carbonyl (C=O) groups is 2. The smallest absolute Gasteiger partial charge is 0.407 e. The molecular formula is C16H17FN2O3. The molecule has 1 aliphatic heterocycles. The summed E-state index contributed by atoms with van der Waals surface area (Å²) in [5, 5.41) is 5.64. The average Bonchev–Trinajstić information content (AvgIpc) is 3.26. The second-order valence-corrected chi connectivity index (χ2v) is 6.34. The Labute approximate surface area is 127 Å². The summed E-state index contributed by atoms with van der Waals surface area (Å²) in [6.07, 6.45) is 2.72. The van der Waals surface area contributed by atoms with Gasteiger partial charge in [0.25, 0.3) is 5.91 Å². The first kappa shape index (κ1) is 13.5. The molecule has 1 aromatic rings. The van der Waals surface area contributed by atoms with E-state index in [1.54, 1.807) is 6.07 Å². The number of halogens is 1. The van der Waals surface area contributed by atoms with E-state index in [1.807, 2.05) is 0 Å². The fraction of sp³-hybridized carbons (Fsp3) is 0.500. The van der Waals surface area contributed by atoms with Crippen molar-refractivity contribution in [3.63, 3.8) is 0 Å². The summed E-state index contributed by atoms with van der Waals surface area (Å²) in [5.41, 5.74) is 1.32. The largest absolute Gasteiger partial charge is 0.444 e. The predicted octanol–water partition coefficient (Wildman–Crippen LogP) is 2.07. The second-order valence-electron chi connectivity index (χ2n) is 6.34. The van der Waals surface area contributed by atoms with E-state index in [0.29, 0.717) is 24.3 Å². The number of rotatable bonds is 3. The van der Waals surface area contributed by atoms with E-state index < -0.39 is 11.9 Å². The number of hydrogen-bond acceptors (Lipinski definition) is 3. The number of fused-ring (bicyclic) bond motifs is 2. The number of hydrogen-bond donors (Lipinski definition) is 2. The number of nitrogens with one attached hydrogen (secondary N) is 2. The maximum atomic E-state index is 13.5. The van der Waals surface area contributed by atoms with Crippen LogP contribution in [0.3, 0.4) is 0 Å². The molecule has 2 aliphatic carbocycles. The third-order valence-electron chi connectivity index (χ3n) is 4.68. The third-order valence-corrected chi connectivity index (χ3v) is 4.68. The lowest BCUT2D eigenvalue weighted by Crippen LogP contribution is -2.44. The van der Waals surface area contributed by atoms with Gasteiger partial charge < -0.3 is 15.4 Å². The van der Waals surface area contributed by atoms with Crippen LogP contribution in [0.5, 0.6) is 0 Å². The Morgan fingerprint density at radius 1 is 1.32 bits per heavy atom. The molecule has 3 aliphatic rings. The molecule has 116 valence electrons. The Morgan fingerprint density at radius 2 is 2.14 bits per heavy atom. The molecular weight excluding hydrogens is 287 g/mol. The van der Waals surface area contributed by atoms with E-state index in [2.05, 4.69) is 10.6 Å². The van der Waals surface area contributed by atoms with Crippen molar-refractivity contribution >= 4 is 12.0 Å². The topological polar surface area (TPSA) is 67.4 Å². The van der Waals surface area contributed by atoms with Gasteiger partial charge in [-0.05, 0) is 42.9 Å². The van der Waals surface area contributed by atoms with E-state index in [-0.39, 0.29) is 24.1 Å². The molecule has 4 rings (SSSR count). The predicted molar refractivity (Wildman–Crippen MR) is 76.1 cm³/mol. The first-order valence-electron chi connectivity index (χ1n) is 7.67. The quantitative estimate of drug-likeness (QED) is 0.898. The summed E-state index contributed by atoms with van der Waals surface area (Å²) in [6, 6.07) is 4.24. The Morgan fingerprint density at radius 3 is 2.91 bits per heavy atom. The molecule has 0 unspecified atom stereocenters. The molecule has 0 radical (unpaired) electrons. The molecule has 22 heavy (non-hydrogen) atoms. The summed E-state index contributed by atoms with van der Waals surface area (Å²) < 4.78 is 18.7. The fourth-order valence-electron chi connectivity index (χ4n) is 3.46. The van der Waals surface area contributed by atoms with Crippen molar-refractivity contribution in [1.82, 2.24) is 10.6 Å². The molecule has 1 heterocycles. The number of benzene rings is 1. The van der Waals surface area contributed by atoms with Crippen LogP contribution in [0.4, 0.5) is 9.18 Å². The first-order valence-corrected chi connectivity index (χ1v) is 7.67. The van der Waals surface area contributed by atoms with Gasteiger partial charge in [0.15, 0.2) is 0 Å². The lowest BCUT2D eigenvalue weighted by atomic mass is 10.0. The van der Waals surface area contributed by atoms with Crippen LogP contribution >= 0.6 is 0 Å². The minimum Gasteiger partial charge on any atom is -0.444 e. The van der Waals surface area contributed by atoms with Crippen molar-refractivity contribution in [3.05, 3.63) is 35.1 Å². The van der Waals surface area contributed by atoms with Gasteiger partial charge in [0.1, 0.15) is 11.9 Å². The SMILES string of the molecule is O=C1N[C@@H]2C[C@@H](NC(=O)c3cc(F)ccc3C3CC3)[C@@H](C2)O1. The molecule has 5 nitrogen and oxygen atoms in total. The van der Waals surface area contributed by atoms with E-state index >= 15 is 0 Å². The zero-order valence-electron chi connectivity index (χ0n) is 12.0. The zero-order valence-corrected chi connectivity index (χ0v) is 12.0. The van der Waals surface area contributed by atoms with Crippen molar-refractivity contribution in [1.29, 1.82) is 0 Å². The summed E-state index contributed by atoms with van der Waals surface area (Å²) in [7, 11) is 0. The van der Waals surface area contributed by atoms with Crippen LogP contribution in [0.25, 0.3) is 0 Å². The number of ether oxygens (including phenoxy) is 1. The van der Waals surface area contributed by atoms with Gasteiger partial charge in [0.2, 0.25) is 0 Å². The van der Waals surface area contributed by atoms with Crippen molar-refractivity contribution < 1.29 is 18.7 Å². The van der Waals surface area contributed by atoms with E-state index in [9.17, 15) is 14.0 Å². The van der Waals surface area contributed by atoms with Crippen LogP contribution < -0.4 is 10.6 Å². The van der Waals surface area contributed by atoms with E-state index in [4.69, 9.17) is 4.74 Å². The highest BCUT2D eigenvalue weighted by Crippen LogP contribution is 2.42. The van der Waals surface area contributed by atoms with Crippen molar-refractivity contribution in [2.75, 3.05) is 0 Å². The zero-order chi connectivity index (χ0) is 15.3. The number of alkyl carbamates (subject to hydrolysis) is 1. The van der Waals surface area contributed by atoms with Gasteiger partial charge in [-0.15, -0.1) is 0 Å². The van der Waals surface area contributed by atoms with E-state index in [0.717, 1.165) is 18.4 Å². The molecule has 0 aromatic heterocycles. The van der Waals surface area contributed by atoms with E-state index in [1.165, 1.54) is 12.1 Å². The summed E-state index contributed by atoms with van der Waals surface area (Å²) >= 11 is 0. The normalized spacial score (nSPS) is 29.7. The van der Waals surface area contributed by atoms with Crippen LogP contribution in [-0.2, 0) is 4.74 Å². The standard InChI is InChI=1S/C16H17FN2O3/c17-9-3-4-11(8-1-2-8)12(5-9)15(20)19-13-6-10-7-14(13)22-16(21)18-10/h3-5,8,10,13-14H,1-2,6-7H2,(H,18,21)(H,19,20)/t10-,13-,14-/m1/s1. The Bertz CT molecular complexity index is 644. The van der Waals surface area contributed by atoms with Crippen LogP contribution in [0.2, 0.25) is 0 Å². The maximum absolute atomic E-state index is 13.5. The van der Waals surface area contributed by atoms with Crippen LogP contribution in [0, 0.1) is 5.82 Å². The summed E-state index contributed by atoms with van der Waals surface area (Å²) in [5.74, 6) is -0.327. The van der Waals surface area contributed by atoms with Crippen LogP contribution in [-0.4, -0.2) is 30.2 Å². The first-order chi connectivity index (χ1) is 10.6. The molecule has 2 saturated carbocycles. The highest BCUT2D eigenvalue weighted by atomic mass is 19.1. The Hall–Kier alpha value is -2.11. The molecule has 1 saturated heterocycles. The van der Waals surface area contributed by atoms with Crippen molar-refractivity contribution in [2.24, 2.45) is 0 Å². The van der Waals surface area contributed by atoms with Gasteiger partial charge in [-0.1, -0.05) is 6.07 Å². The minimum atomic E-state index is -0.428. The fourth-order valence-corrected chi connectivity index (χ4v) is 3.46. The van der Waals surface area contributed by atoms with Crippen LogP contribution in [0.1, 0.15) is 47.5 Å². The Kier molecular flexibility index (Phi) is 3.06. The second kappa shape index (κ2) is 4.97. The highest BCUT2D eigenvalue weighted by molar-refractivity contribution is 5.96. The molecule has 6 heteroatoms.